The predicted octanol–water partition coefficient (Wildman–Crippen LogP) is 4.23. The van der Waals surface area contributed by atoms with Gasteiger partial charge in [0.2, 0.25) is 10.0 Å². The average Bonchev–Trinajstić information content (AvgIpc) is 2.62. The quantitative estimate of drug-likeness (QED) is 0.207. The normalized spacial score (nSPS) is 11.8. The van der Waals surface area contributed by atoms with E-state index < -0.39 is 15.9 Å². The number of rotatable bonds is 18. The third-order valence-electron chi connectivity index (χ3n) is 4.60. The molecule has 0 unspecified atom stereocenters. The Labute approximate surface area is 160 Å². The molecule has 0 aromatic heterocycles. The van der Waals surface area contributed by atoms with Crippen LogP contribution in [0.5, 0.6) is 0 Å². The van der Waals surface area contributed by atoms with Gasteiger partial charge in [0.25, 0.3) is 5.91 Å². The molecule has 0 aliphatic carbocycles. The molecule has 0 radical (unpaired) electrons. The zero-order valence-electron chi connectivity index (χ0n) is 16.8. The molecule has 0 heterocycles. The average molecular weight is 393 g/mol. The fourth-order valence-corrected chi connectivity index (χ4v) is 4.50. The maximum atomic E-state index is 12.5. The summed E-state index contributed by atoms with van der Waals surface area (Å²) in [5.74, 6) is -0.603. The van der Waals surface area contributed by atoms with Gasteiger partial charge in [-0.1, -0.05) is 84.5 Å². The molecule has 7 heteroatoms. The van der Waals surface area contributed by atoms with Gasteiger partial charge >= 0.3 is 0 Å². The van der Waals surface area contributed by atoms with Gasteiger partial charge in [0, 0.05) is 6.54 Å². The summed E-state index contributed by atoms with van der Waals surface area (Å²) in [6, 6.07) is 0. The minimum Gasteiger partial charge on any atom is -0.289 e. The van der Waals surface area contributed by atoms with E-state index in [1.54, 1.807) is 0 Å². The van der Waals surface area contributed by atoms with Crippen molar-refractivity contribution in [2.75, 3.05) is 18.8 Å². The van der Waals surface area contributed by atoms with Crippen LogP contribution in [0.25, 0.3) is 0 Å². The van der Waals surface area contributed by atoms with Crippen molar-refractivity contribution in [3.63, 3.8) is 0 Å². The summed E-state index contributed by atoms with van der Waals surface area (Å²) < 4.78 is 26.3. The Kier molecular flexibility index (Phi) is 16.1. The van der Waals surface area contributed by atoms with Crippen LogP contribution < -0.4 is 5.48 Å². The lowest BCUT2D eigenvalue weighted by molar-refractivity contribution is -0.129. The van der Waals surface area contributed by atoms with E-state index in [1.165, 1.54) is 48.3 Å². The molecule has 0 saturated heterocycles. The van der Waals surface area contributed by atoms with Crippen LogP contribution in [0.15, 0.2) is 0 Å². The summed E-state index contributed by atoms with van der Waals surface area (Å²) in [7, 11) is -3.46. The van der Waals surface area contributed by atoms with Crippen molar-refractivity contribution in [3.05, 3.63) is 0 Å². The molecule has 0 aliphatic rings. The summed E-state index contributed by atoms with van der Waals surface area (Å²) in [4.78, 5) is 11.5. The van der Waals surface area contributed by atoms with Gasteiger partial charge < -0.3 is 0 Å². The van der Waals surface area contributed by atoms with Crippen LogP contribution in [0.1, 0.15) is 97.3 Å². The van der Waals surface area contributed by atoms with E-state index in [0.29, 0.717) is 13.0 Å². The minimum atomic E-state index is -3.46. The van der Waals surface area contributed by atoms with E-state index in [-0.39, 0.29) is 12.3 Å². The van der Waals surface area contributed by atoms with Gasteiger partial charge in [-0.25, -0.2) is 13.9 Å². The monoisotopic (exact) mass is 392 g/mol. The Morgan fingerprint density at radius 1 is 0.808 bits per heavy atom. The molecule has 0 aromatic carbocycles. The van der Waals surface area contributed by atoms with E-state index >= 15 is 0 Å². The molecule has 156 valence electrons. The third-order valence-corrected chi connectivity index (χ3v) is 6.51. The highest BCUT2D eigenvalue weighted by molar-refractivity contribution is 7.89. The zero-order chi connectivity index (χ0) is 19.7. The van der Waals surface area contributed by atoms with Gasteiger partial charge in [-0.2, -0.15) is 4.31 Å². The molecule has 6 nitrogen and oxygen atoms in total. The first-order valence-corrected chi connectivity index (χ1v) is 12.0. The van der Waals surface area contributed by atoms with Crippen LogP contribution in [0.2, 0.25) is 0 Å². The molecule has 0 rings (SSSR count). The number of hydroxylamine groups is 1. The van der Waals surface area contributed by atoms with Crippen molar-refractivity contribution in [2.45, 2.75) is 97.3 Å². The number of carbonyl (C=O) groups is 1. The van der Waals surface area contributed by atoms with Gasteiger partial charge in [-0.15, -0.1) is 0 Å². The van der Waals surface area contributed by atoms with E-state index in [0.717, 1.165) is 38.5 Å². The number of nitrogens with zero attached hydrogens (tertiary/aromatic N) is 1. The van der Waals surface area contributed by atoms with Crippen LogP contribution in [-0.4, -0.2) is 42.7 Å². The lowest BCUT2D eigenvalue weighted by atomic mass is 10.1. The van der Waals surface area contributed by atoms with Crippen molar-refractivity contribution < 1.29 is 18.4 Å². The molecular weight excluding hydrogens is 352 g/mol. The first-order valence-electron chi connectivity index (χ1n) is 10.4. The lowest BCUT2D eigenvalue weighted by Gasteiger charge is -2.21. The zero-order valence-corrected chi connectivity index (χ0v) is 17.7. The smallest absolute Gasteiger partial charge is 0.258 e. The van der Waals surface area contributed by atoms with E-state index in [1.807, 2.05) is 0 Å². The van der Waals surface area contributed by atoms with Crippen LogP contribution >= 0.6 is 0 Å². The molecule has 26 heavy (non-hydrogen) atoms. The highest BCUT2D eigenvalue weighted by Crippen LogP contribution is 2.12. The van der Waals surface area contributed by atoms with Gasteiger partial charge in [0.1, 0.15) is 0 Å². The Balaban J connectivity index is 4.29. The molecule has 0 saturated carbocycles. The number of unbranched alkanes of at least 4 members (excludes halogenated alkanes) is 11. The van der Waals surface area contributed by atoms with E-state index in [2.05, 4.69) is 13.8 Å². The van der Waals surface area contributed by atoms with Gasteiger partial charge in [0.15, 0.2) is 0 Å². The summed E-state index contributed by atoms with van der Waals surface area (Å²) in [6.07, 6.45) is 13.7. The van der Waals surface area contributed by atoms with Crippen molar-refractivity contribution >= 4 is 15.9 Å². The van der Waals surface area contributed by atoms with Crippen molar-refractivity contribution in [1.29, 1.82) is 0 Å². The topological polar surface area (TPSA) is 86.7 Å². The summed E-state index contributed by atoms with van der Waals surface area (Å²) in [5.41, 5.74) is 1.54. The maximum absolute atomic E-state index is 12.5. The summed E-state index contributed by atoms with van der Waals surface area (Å²) in [6.45, 7) is 4.38. The molecule has 0 spiro atoms. The highest BCUT2D eigenvalue weighted by Gasteiger charge is 2.23. The van der Waals surface area contributed by atoms with Gasteiger partial charge in [0.05, 0.1) is 12.3 Å². The molecule has 0 bridgehead atoms. The second kappa shape index (κ2) is 16.5. The molecule has 0 fully saturated rings. The molecular formula is C19H40N2O4S. The molecule has 0 aliphatic heterocycles. The Morgan fingerprint density at radius 2 is 1.27 bits per heavy atom. The standard InChI is InChI=1S/C19H40N2O4S/c1-3-5-7-9-11-12-14-16-21(18-19(22)20-23)26(24,25)17-15-13-10-8-6-4-2/h23H,3-18H2,1-2H3,(H,20,22). The largest absolute Gasteiger partial charge is 0.289 e. The molecule has 1 amide bonds. The second-order valence-corrected chi connectivity index (χ2v) is 9.16. The number of hydrogen-bond acceptors (Lipinski definition) is 4. The van der Waals surface area contributed by atoms with Crippen molar-refractivity contribution in [2.24, 2.45) is 0 Å². The molecule has 2 N–H and O–H groups in total. The first kappa shape index (κ1) is 25.3. The van der Waals surface area contributed by atoms with Gasteiger partial charge in [-0.3, -0.25) is 10.0 Å². The van der Waals surface area contributed by atoms with Crippen LogP contribution in [0.3, 0.4) is 0 Å². The number of hydrogen-bond donors (Lipinski definition) is 2. The summed E-state index contributed by atoms with van der Waals surface area (Å²) in [5, 5.41) is 8.72. The molecule has 0 aromatic rings. The summed E-state index contributed by atoms with van der Waals surface area (Å²) >= 11 is 0. The molecule has 0 atom stereocenters. The predicted molar refractivity (Wildman–Crippen MR) is 107 cm³/mol. The first-order chi connectivity index (χ1) is 12.5. The third kappa shape index (κ3) is 13.5. The van der Waals surface area contributed by atoms with E-state index in [4.69, 9.17) is 5.21 Å². The van der Waals surface area contributed by atoms with Crippen molar-refractivity contribution in [3.8, 4) is 0 Å². The highest BCUT2D eigenvalue weighted by atomic mass is 32.2. The minimum absolute atomic E-state index is 0.0777. The number of amides is 1. The lowest BCUT2D eigenvalue weighted by Crippen LogP contribution is -2.41. The van der Waals surface area contributed by atoms with Crippen molar-refractivity contribution in [1.82, 2.24) is 9.79 Å². The van der Waals surface area contributed by atoms with E-state index in [9.17, 15) is 13.2 Å². The number of carbonyl (C=O) groups excluding carboxylic acids is 1. The number of nitrogens with one attached hydrogen (secondary N) is 1. The fourth-order valence-electron chi connectivity index (χ4n) is 2.95. The Morgan fingerprint density at radius 3 is 1.77 bits per heavy atom. The number of sulfonamides is 1. The van der Waals surface area contributed by atoms with Crippen LogP contribution in [0, 0.1) is 0 Å². The van der Waals surface area contributed by atoms with Crippen LogP contribution in [0.4, 0.5) is 0 Å². The van der Waals surface area contributed by atoms with Gasteiger partial charge in [-0.05, 0) is 12.8 Å². The second-order valence-electron chi connectivity index (χ2n) is 7.07. The Hall–Kier alpha value is -0.660. The SMILES string of the molecule is CCCCCCCCCN(CC(=O)NO)S(=O)(=O)CCCCCCCC. The fraction of sp³-hybridized carbons (Fsp3) is 0.947. The Bertz CT molecular complexity index is 441. The van der Waals surface area contributed by atoms with Crippen LogP contribution in [-0.2, 0) is 14.8 Å². The maximum Gasteiger partial charge on any atom is 0.258 e.